The van der Waals surface area contributed by atoms with Gasteiger partial charge in [-0.15, -0.1) is 0 Å². The lowest BCUT2D eigenvalue weighted by Crippen LogP contribution is -1.94. The van der Waals surface area contributed by atoms with Crippen LogP contribution in [0.15, 0.2) is 28.9 Å². The van der Waals surface area contributed by atoms with Crippen molar-refractivity contribution >= 4 is 27.3 Å². The minimum Gasteiger partial charge on any atom is -0.352 e. The highest BCUT2D eigenvalue weighted by atomic mass is 79.9. The fraction of sp³-hybridized carbons (Fsp3) is 0.231. The summed E-state index contributed by atoms with van der Waals surface area (Å²) in [5.74, 6) is 0. The number of halogens is 1. The number of hydrogen-bond acceptors (Lipinski definition) is 3. The fourth-order valence-corrected chi connectivity index (χ4v) is 2.21. The summed E-state index contributed by atoms with van der Waals surface area (Å²) < 4.78 is 2.66. The molecule has 0 aliphatic carbocycles. The van der Waals surface area contributed by atoms with Crippen LogP contribution in [0.3, 0.4) is 0 Å². The van der Waals surface area contributed by atoms with E-state index in [0.717, 1.165) is 28.0 Å². The smallest absolute Gasteiger partial charge is 0.0992 e. The lowest BCUT2D eigenvalue weighted by atomic mass is 10.2. The molecule has 0 fully saturated rings. The second-order valence-electron chi connectivity index (χ2n) is 3.95. The average molecular weight is 305 g/mol. The van der Waals surface area contributed by atoms with E-state index >= 15 is 0 Å². The van der Waals surface area contributed by atoms with Crippen molar-refractivity contribution in [2.75, 3.05) is 5.32 Å². The van der Waals surface area contributed by atoms with E-state index in [-0.39, 0.29) is 0 Å². The molecule has 92 valence electrons. The monoisotopic (exact) mass is 304 g/mol. The number of hydrogen-bond donors (Lipinski definition) is 1. The Balaban J connectivity index is 2.31. The van der Waals surface area contributed by atoms with Crippen LogP contribution in [0.1, 0.15) is 18.2 Å². The van der Waals surface area contributed by atoms with Crippen LogP contribution in [0.25, 0.3) is 0 Å². The van der Waals surface area contributed by atoms with Crippen LogP contribution in [-0.2, 0) is 13.5 Å². The second-order valence-corrected chi connectivity index (χ2v) is 4.80. The SMILES string of the molecule is CCc1nn(C)cc1Nc1ccc(C#N)cc1Br. The van der Waals surface area contributed by atoms with E-state index in [1.807, 2.05) is 19.3 Å². The van der Waals surface area contributed by atoms with Crippen molar-refractivity contribution in [1.29, 1.82) is 5.26 Å². The Morgan fingerprint density at radius 3 is 2.83 bits per heavy atom. The molecule has 2 aromatic rings. The highest BCUT2D eigenvalue weighted by molar-refractivity contribution is 9.10. The van der Waals surface area contributed by atoms with E-state index in [1.54, 1.807) is 16.8 Å². The summed E-state index contributed by atoms with van der Waals surface area (Å²) in [5.41, 5.74) is 3.57. The number of aromatic nitrogens is 2. The molecule has 0 aliphatic rings. The third-order valence-electron chi connectivity index (χ3n) is 2.61. The van der Waals surface area contributed by atoms with Crippen molar-refractivity contribution in [3.8, 4) is 6.07 Å². The molecule has 4 nitrogen and oxygen atoms in total. The summed E-state index contributed by atoms with van der Waals surface area (Å²) in [4.78, 5) is 0. The molecule has 0 amide bonds. The van der Waals surface area contributed by atoms with E-state index in [1.165, 1.54) is 0 Å². The minimum atomic E-state index is 0.634. The first-order valence-electron chi connectivity index (χ1n) is 5.63. The van der Waals surface area contributed by atoms with Crippen LogP contribution in [0, 0.1) is 11.3 Å². The normalized spacial score (nSPS) is 10.1. The minimum absolute atomic E-state index is 0.634. The number of benzene rings is 1. The van der Waals surface area contributed by atoms with Crippen LogP contribution in [0.5, 0.6) is 0 Å². The zero-order chi connectivity index (χ0) is 13.1. The first kappa shape index (κ1) is 12.7. The molecular weight excluding hydrogens is 292 g/mol. The first-order chi connectivity index (χ1) is 8.63. The Labute approximate surface area is 114 Å². The molecule has 0 saturated carbocycles. The Morgan fingerprint density at radius 1 is 1.44 bits per heavy atom. The quantitative estimate of drug-likeness (QED) is 0.946. The van der Waals surface area contributed by atoms with Gasteiger partial charge in [-0.3, -0.25) is 4.68 Å². The summed E-state index contributed by atoms with van der Waals surface area (Å²) in [6, 6.07) is 7.58. The molecule has 1 heterocycles. The lowest BCUT2D eigenvalue weighted by Gasteiger charge is -2.07. The van der Waals surface area contributed by atoms with Gasteiger partial charge >= 0.3 is 0 Å². The van der Waals surface area contributed by atoms with Gasteiger partial charge < -0.3 is 5.32 Å². The van der Waals surface area contributed by atoms with Crippen LogP contribution < -0.4 is 5.32 Å². The molecular formula is C13H13BrN4. The van der Waals surface area contributed by atoms with Gasteiger partial charge in [-0.25, -0.2) is 0 Å². The average Bonchev–Trinajstić information content (AvgIpc) is 2.72. The predicted octanol–water partition coefficient (Wildman–Crippen LogP) is 3.36. The Hall–Kier alpha value is -1.80. The van der Waals surface area contributed by atoms with Gasteiger partial charge in [0.1, 0.15) is 0 Å². The Bertz CT molecular complexity index is 610. The van der Waals surface area contributed by atoms with Crippen LogP contribution in [0.2, 0.25) is 0 Å². The Morgan fingerprint density at radius 2 is 2.22 bits per heavy atom. The molecule has 5 heteroatoms. The van der Waals surface area contributed by atoms with Gasteiger partial charge in [0.25, 0.3) is 0 Å². The number of anilines is 2. The molecule has 0 aliphatic heterocycles. The van der Waals surface area contributed by atoms with Gasteiger partial charge in [-0.05, 0) is 40.5 Å². The largest absolute Gasteiger partial charge is 0.352 e. The van der Waals surface area contributed by atoms with Crippen molar-refractivity contribution in [3.63, 3.8) is 0 Å². The molecule has 0 bridgehead atoms. The van der Waals surface area contributed by atoms with Crippen molar-refractivity contribution in [2.24, 2.45) is 7.05 Å². The molecule has 2 rings (SSSR count). The number of nitrogens with one attached hydrogen (secondary N) is 1. The van der Waals surface area contributed by atoms with Crippen LogP contribution in [-0.4, -0.2) is 9.78 Å². The fourth-order valence-electron chi connectivity index (χ4n) is 1.73. The third kappa shape index (κ3) is 2.54. The van der Waals surface area contributed by atoms with Crippen LogP contribution >= 0.6 is 15.9 Å². The molecule has 0 atom stereocenters. The van der Waals surface area contributed by atoms with Gasteiger partial charge in [-0.2, -0.15) is 10.4 Å². The maximum Gasteiger partial charge on any atom is 0.0992 e. The van der Waals surface area contributed by atoms with Crippen LogP contribution in [0.4, 0.5) is 11.4 Å². The molecule has 0 unspecified atom stereocenters. The number of nitrogens with zero attached hydrogens (tertiary/aromatic N) is 3. The molecule has 18 heavy (non-hydrogen) atoms. The molecule has 0 saturated heterocycles. The molecule has 1 aromatic heterocycles. The molecule has 0 spiro atoms. The molecule has 1 aromatic carbocycles. The van der Waals surface area contributed by atoms with E-state index in [0.29, 0.717) is 5.56 Å². The van der Waals surface area contributed by atoms with Gasteiger partial charge in [0, 0.05) is 17.7 Å². The van der Waals surface area contributed by atoms with E-state index in [2.05, 4.69) is 39.3 Å². The van der Waals surface area contributed by atoms with Gasteiger partial charge in [-0.1, -0.05) is 6.92 Å². The van der Waals surface area contributed by atoms with Crippen molar-refractivity contribution in [2.45, 2.75) is 13.3 Å². The van der Waals surface area contributed by atoms with Crippen molar-refractivity contribution in [3.05, 3.63) is 40.1 Å². The van der Waals surface area contributed by atoms with Crippen molar-refractivity contribution < 1.29 is 0 Å². The maximum atomic E-state index is 8.82. The topological polar surface area (TPSA) is 53.6 Å². The lowest BCUT2D eigenvalue weighted by molar-refractivity contribution is 0.746. The summed E-state index contributed by atoms with van der Waals surface area (Å²) >= 11 is 3.46. The maximum absolute atomic E-state index is 8.82. The van der Waals surface area contributed by atoms with Gasteiger partial charge in [0.15, 0.2) is 0 Å². The summed E-state index contributed by atoms with van der Waals surface area (Å²) in [7, 11) is 1.90. The Kier molecular flexibility index (Phi) is 3.68. The predicted molar refractivity (Wildman–Crippen MR) is 74.7 cm³/mol. The van der Waals surface area contributed by atoms with Crippen molar-refractivity contribution in [1.82, 2.24) is 9.78 Å². The highest BCUT2D eigenvalue weighted by Gasteiger charge is 2.08. The zero-order valence-electron chi connectivity index (χ0n) is 10.2. The number of nitriles is 1. The van der Waals surface area contributed by atoms with E-state index < -0.39 is 0 Å². The van der Waals surface area contributed by atoms with Gasteiger partial charge in [0.05, 0.1) is 28.7 Å². The highest BCUT2D eigenvalue weighted by Crippen LogP contribution is 2.28. The summed E-state index contributed by atoms with van der Waals surface area (Å²) in [6.07, 6.45) is 2.82. The standard InChI is InChI=1S/C13H13BrN4/c1-3-11-13(8-18(2)17-11)16-12-5-4-9(7-15)6-10(12)14/h4-6,8,16H,3H2,1-2H3. The second kappa shape index (κ2) is 5.23. The zero-order valence-corrected chi connectivity index (χ0v) is 11.8. The summed E-state index contributed by atoms with van der Waals surface area (Å²) in [6.45, 7) is 2.07. The summed E-state index contributed by atoms with van der Waals surface area (Å²) in [5, 5.41) is 16.5. The first-order valence-corrected chi connectivity index (χ1v) is 6.42. The van der Waals surface area contributed by atoms with E-state index in [4.69, 9.17) is 5.26 Å². The third-order valence-corrected chi connectivity index (χ3v) is 3.26. The van der Waals surface area contributed by atoms with Gasteiger partial charge in [0.2, 0.25) is 0 Å². The molecule has 1 N–H and O–H groups in total. The number of aryl methyl sites for hydroxylation is 2. The number of rotatable bonds is 3. The van der Waals surface area contributed by atoms with E-state index in [9.17, 15) is 0 Å². The molecule has 0 radical (unpaired) electrons.